The number of phenols is 1. The van der Waals surface area contributed by atoms with E-state index in [1.54, 1.807) is 0 Å². The number of phenolic OH excluding ortho intramolecular Hbond substituents is 1. The normalized spacial score (nSPS) is 13.3. The summed E-state index contributed by atoms with van der Waals surface area (Å²) >= 11 is 0. The molecule has 0 aromatic heterocycles. The fourth-order valence-corrected chi connectivity index (χ4v) is 9.33. The molecule has 55 heavy (non-hydrogen) atoms. The van der Waals surface area contributed by atoms with Crippen molar-refractivity contribution in [3.8, 4) is 17.2 Å². The summed E-state index contributed by atoms with van der Waals surface area (Å²) in [6, 6.07) is 12.3. The Morgan fingerprint density at radius 1 is 0.345 bits per heavy atom. The minimum Gasteiger partial charge on any atom is -0.507 e. The summed E-state index contributed by atoms with van der Waals surface area (Å²) in [6.07, 6.45) is 0. The second-order valence-electron chi connectivity index (χ2n) is 11.4. The molecule has 0 heterocycles. The first-order chi connectivity index (χ1) is 25.1. The van der Waals surface area contributed by atoms with Gasteiger partial charge in [-0.15, -0.1) is 0 Å². The predicted octanol–water partition coefficient (Wildman–Crippen LogP) is 3.37. The average molecular weight is 877 g/mol. The lowest BCUT2D eigenvalue weighted by molar-refractivity contribution is 0.471. The maximum Gasteiger partial charge on any atom is 0.339 e. The number of hydrogen-bond donors (Lipinski definition) is 5. The van der Waals surface area contributed by atoms with Crippen molar-refractivity contribution in [1.82, 2.24) is 0 Å². The van der Waals surface area contributed by atoms with Crippen LogP contribution in [-0.4, -0.2) is 73.8 Å². The van der Waals surface area contributed by atoms with Crippen LogP contribution in [0, 0.1) is 0 Å². The van der Waals surface area contributed by atoms with Crippen LogP contribution < -0.4 is 8.37 Å². The second-order valence-corrected chi connectivity index (χ2v) is 20.2. The Hall–Kier alpha value is -4.96. The third-order valence-electron chi connectivity index (χ3n) is 7.76. The fraction of sp³-hybridized carbons (Fsp3) is 0. The van der Waals surface area contributed by atoms with Crippen molar-refractivity contribution in [2.75, 3.05) is 0 Å². The van der Waals surface area contributed by atoms with E-state index in [2.05, 4.69) is 0 Å². The summed E-state index contributed by atoms with van der Waals surface area (Å²) in [5, 5.41) is 9.26. The molecule has 0 saturated carbocycles. The highest BCUT2D eigenvalue weighted by Gasteiger charge is 2.26. The molecule has 6 aromatic rings. The van der Waals surface area contributed by atoms with Crippen molar-refractivity contribution >= 4 is 93.0 Å². The van der Waals surface area contributed by atoms with Crippen molar-refractivity contribution in [2.24, 2.45) is 0 Å². The molecule has 0 bridgehead atoms. The molecule has 0 spiro atoms. The van der Waals surface area contributed by atoms with E-state index in [4.69, 9.17) is 8.37 Å². The summed E-state index contributed by atoms with van der Waals surface area (Å²) in [5.41, 5.74) is 0. The molecule has 0 aliphatic rings. The Labute approximate surface area is 311 Å². The van der Waals surface area contributed by atoms with Gasteiger partial charge in [-0.3, -0.25) is 18.2 Å². The van der Waals surface area contributed by atoms with Gasteiger partial charge in [0.25, 0.3) is 40.5 Å². The summed E-state index contributed by atoms with van der Waals surface area (Å²) in [7, 11) is -29.9. The van der Waals surface area contributed by atoms with Crippen LogP contribution >= 0.6 is 0 Å². The number of rotatable bonds is 10. The van der Waals surface area contributed by atoms with Gasteiger partial charge in [0.15, 0.2) is 11.5 Å². The van der Waals surface area contributed by atoms with Gasteiger partial charge in [0.05, 0.1) is 19.6 Å². The first-order valence-corrected chi connectivity index (χ1v) is 22.9. The Kier molecular flexibility index (Phi) is 9.44. The highest BCUT2D eigenvalue weighted by molar-refractivity contribution is 7.88. The van der Waals surface area contributed by atoms with Crippen molar-refractivity contribution in [2.45, 2.75) is 29.4 Å². The molecule has 6 rings (SSSR count). The molecule has 0 fully saturated rings. The molecule has 0 unspecified atom stereocenters. The van der Waals surface area contributed by atoms with Crippen LogP contribution in [0.5, 0.6) is 17.2 Å². The van der Waals surface area contributed by atoms with E-state index in [1.165, 1.54) is 0 Å². The standard InChI is InChI=1S/C30H20O19S6/c31-28-13-24(55(46,47)49-30-15-23(53(41,42)43)11-18-8-20(51(35,36)37)2-6-27(18)30)12-16-9-21(3-4-25(16)28)54(44,45)48-29-14-22(52(38,39)40)10-17-7-19(50(32,33)34)1-5-26(17)29/h1-15,31H,(H,32,33,34)(H,35,36,37)(H,38,39,40)(H,41,42,43). The first kappa shape index (κ1) is 39.7. The summed E-state index contributed by atoms with van der Waals surface area (Å²) in [5.74, 6) is -2.23. The number of hydrogen-bond acceptors (Lipinski definition) is 15. The van der Waals surface area contributed by atoms with Gasteiger partial charge < -0.3 is 13.5 Å². The minimum absolute atomic E-state index is 0.119. The van der Waals surface area contributed by atoms with Gasteiger partial charge in [-0.05, 0) is 89.0 Å². The third kappa shape index (κ3) is 8.06. The molecule has 0 amide bonds. The van der Waals surface area contributed by atoms with Gasteiger partial charge in [-0.1, -0.05) is 0 Å². The van der Waals surface area contributed by atoms with E-state index in [9.17, 15) is 73.8 Å². The maximum absolute atomic E-state index is 13.5. The zero-order chi connectivity index (χ0) is 40.7. The number of fused-ring (bicyclic) bond motifs is 3. The predicted molar refractivity (Wildman–Crippen MR) is 188 cm³/mol. The minimum atomic E-state index is -5.10. The van der Waals surface area contributed by atoms with Crippen LogP contribution in [0.25, 0.3) is 32.3 Å². The van der Waals surface area contributed by atoms with E-state index in [1.807, 2.05) is 0 Å². The smallest absolute Gasteiger partial charge is 0.339 e. The van der Waals surface area contributed by atoms with Gasteiger partial charge in [0.1, 0.15) is 15.5 Å². The lowest BCUT2D eigenvalue weighted by Gasteiger charge is -2.14. The highest BCUT2D eigenvalue weighted by atomic mass is 32.2. The summed E-state index contributed by atoms with van der Waals surface area (Å²) in [6.45, 7) is 0. The fourth-order valence-electron chi connectivity index (χ4n) is 5.26. The van der Waals surface area contributed by atoms with Crippen LogP contribution in [0.4, 0.5) is 0 Å². The van der Waals surface area contributed by atoms with E-state index in [0.29, 0.717) is 18.2 Å². The van der Waals surface area contributed by atoms with Crippen molar-refractivity contribution in [1.29, 1.82) is 0 Å². The Morgan fingerprint density at radius 3 is 1.07 bits per heavy atom. The molecule has 6 aromatic carbocycles. The quantitative estimate of drug-likeness (QED) is 0.0972. The largest absolute Gasteiger partial charge is 0.507 e. The first-order valence-electron chi connectivity index (χ1n) is 14.3. The van der Waals surface area contributed by atoms with Crippen LogP contribution in [0.3, 0.4) is 0 Å². The molecular formula is C30H20O19S6. The second kappa shape index (κ2) is 13.1. The Balaban J connectivity index is 1.43. The van der Waals surface area contributed by atoms with Gasteiger partial charge in [-0.2, -0.15) is 50.5 Å². The zero-order valence-electron chi connectivity index (χ0n) is 26.6. The van der Waals surface area contributed by atoms with E-state index in [0.717, 1.165) is 72.8 Å². The summed E-state index contributed by atoms with van der Waals surface area (Å²) in [4.78, 5) is -4.85. The maximum atomic E-state index is 13.5. The van der Waals surface area contributed by atoms with Gasteiger partial charge >= 0.3 is 20.2 Å². The third-order valence-corrected chi connectivity index (χ3v) is 13.6. The topological polar surface area (TPSA) is 324 Å². The molecule has 0 saturated heterocycles. The van der Waals surface area contributed by atoms with E-state index in [-0.39, 0.29) is 32.3 Å². The number of benzene rings is 6. The molecule has 19 nitrogen and oxygen atoms in total. The van der Waals surface area contributed by atoms with Crippen LogP contribution in [0.15, 0.2) is 120 Å². The lowest BCUT2D eigenvalue weighted by atomic mass is 10.1. The van der Waals surface area contributed by atoms with Crippen molar-refractivity contribution in [3.05, 3.63) is 91.0 Å². The number of aromatic hydroxyl groups is 1. The van der Waals surface area contributed by atoms with Gasteiger partial charge in [-0.25, -0.2) is 0 Å². The summed E-state index contributed by atoms with van der Waals surface area (Å²) < 4.78 is 197. The molecule has 0 aliphatic carbocycles. The van der Waals surface area contributed by atoms with E-state index < -0.39 is 107 Å². The van der Waals surface area contributed by atoms with Crippen LogP contribution in [0.2, 0.25) is 0 Å². The average Bonchev–Trinajstić information content (AvgIpc) is 3.05. The molecule has 0 radical (unpaired) electrons. The Bertz CT molecular complexity index is 3330. The van der Waals surface area contributed by atoms with Crippen molar-refractivity contribution < 1.29 is 82.2 Å². The molecule has 0 aliphatic heterocycles. The SMILES string of the molecule is O=S(=O)(O)c1ccc2c(OS(=O)(=O)c3ccc4c(O)cc(S(=O)(=O)Oc5cc(S(=O)(=O)O)cc6cc(S(=O)(=O)O)ccc56)cc4c3)cc(S(=O)(=O)O)cc2c1. The van der Waals surface area contributed by atoms with E-state index >= 15 is 0 Å². The molecule has 25 heteroatoms. The van der Waals surface area contributed by atoms with Gasteiger partial charge in [0.2, 0.25) is 0 Å². The lowest BCUT2D eigenvalue weighted by Crippen LogP contribution is -2.12. The van der Waals surface area contributed by atoms with Crippen LogP contribution in [0.1, 0.15) is 0 Å². The Morgan fingerprint density at radius 2 is 0.655 bits per heavy atom. The van der Waals surface area contributed by atoms with Gasteiger partial charge in [0, 0.05) is 34.4 Å². The molecule has 290 valence electrons. The highest BCUT2D eigenvalue weighted by Crippen LogP contribution is 2.37. The molecular weight excluding hydrogens is 857 g/mol. The molecule has 5 N–H and O–H groups in total. The van der Waals surface area contributed by atoms with Crippen molar-refractivity contribution in [3.63, 3.8) is 0 Å². The monoisotopic (exact) mass is 876 g/mol. The zero-order valence-corrected chi connectivity index (χ0v) is 31.5. The van der Waals surface area contributed by atoms with Crippen LogP contribution in [-0.2, 0) is 60.7 Å². The molecule has 0 atom stereocenters.